The molecule has 2 rings (SSSR count). The first-order valence-corrected chi connectivity index (χ1v) is 7.05. The molecule has 1 atom stereocenters. The molecule has 1 aromatic carbocycles. The third-order valence-corrected chi connectivity index (χ3v) is 3.88. The van der Waals surface area contributed by atoms with Gasteiger partial charge in [0.25, 0.3) is 0 Å². The molecule has 1 N–H and O–H groups in total. The van der Waals surface area contributed by atoms with Gasteiger partial charge in [-0.2, -0.15) is 0 Å². The quantitative estimate of drug-likeness (QED) is 0.852. The highest BCUT2D eigenvalue weighted by Gasteiger charge is 2.14. The zero-order valence-electron chi connectivity index (χ0n) is 9.05. The zero-order valence-corrected chi connectivity index (χ0v) is 9.87. The van der Waals surface area contributed by atoms with Crippen molar-refractivity contribution in [1.82, 2.24) is 0 Å². The lowest BCUT2D eigenvalue weighted by atomic mass is 10.1. The molecule has 0 aromatic heterocycles. The average molecular weight is 238 g/mol. The summed E-state index contributed by atoms with van der Waals surface area (Å²) in [5, 5.41) is 9.37. The van der Waals surface area contributed by atoms with E-state index in [9.17, 15) is 13.5 Å². The SMILES string of the molecule is CS(=O)(=O)c1ccc(C2=CC(O)CC2)cc1. The van der Waals surface area contributed by atoms with Crippen LogP contribution in [-0.4, -0.2) is 25.9 Å². The maximum Gasteiger partial charge on any atom is 0.175 e. The average Bonchev–Trinajstić information content (AvgIpc) is 2.64. The molecule has 0 spiro atoms. The van der Waals surface area contributed by atoms with Gasteiger partial charge in [-0.05, 0) is 36.1 Å². The second-order valence-electron chi connectivity index (χ2n) is 4.09. The Morgan fingerprint density at radius 3 is 2.31 bits per heavy atom. The summed E-state index contributed by atoms with van der Waals surface area (Å²) in [6, 6.07) is 6.80. The summed E-state index contributed by atoms with van der Waals surface area (Å²) in [4.78, 5) is 0.329. The number of hydrogen-bond acceptors (Lipinski definition) is 3. The second-order valence-corrected chi connectivity index (χ2v) is 6.11. The van der Waals surface area contributed by atoms with Crippen molar-refractivity contribution in [1.29, 1.82) is 0 Å². The van der Waals surface area contributed by atoms with Crippen molar-refractivity contribution in [3.63, 3.8) is 0 Å². The van der Waals surface area contributed by atoms with Crippen LogP contribution in [0.5, 0.6) is 0 Å². The lowest BCUT2D eigenvalue weighted by Crippen LogP contribution is -1.96. The number of benzene rings is 1. The molecule has 0 radical (unpaired) electrons. The van der Waals surface area contributed by atoms with E-state index in [1.807, 2.05) is 6.08 Å². The van der Waals surface area contributed by atoms with Crippen molar-refractivity contribution in [3.8, 4) is 0 Å². The Balaban J connectivity index is 2.30. The highest BCUT2D eigenvalue weighted by molar-refractivity contribution is 7.90. The number of hydrogen-bond donors (Lipinski definition) is 1. The lowest BCUT2D eigenvalue weighted by molar-refractivity contribution is 0.223. The van der Waals surface area contributed by atoms with Gasteiger partial charge in [-0.15, -0.1) is 0 Å². The summed E-state index contributed by atoms with van der Waals surface area (Å²) in [5.41, 5.74) is 2.08. The third-order valence-electron chi connectivity index (χ3n) is 2.76. The number of aliphatic hydroxyl groups excluding tert-OH is 1. The Morgan fingerprint density at radius 1 is 1.25 bits per heavy atom. The van der Waals surface area contributed by atoms with Crippen molar-refractivity contribution >= 4 is 15.4 Å². The minimum Gasteiger partial charge on any atom is -0.389 e. The van der Waals surface area contributed by atoms with Gasteiger partial charge in [0.15, 0.2) is 9.84 Å². The summed E-state index contributed by atoms with van der Waals surface area (Å²) in [5.74, 6) is 0. The highest BCUT2D eigenvalue weighted by atomic mass is 32.2. The van der Waals surface area contributed by atoms with E-state index in [4.69, 9.17) is 0 Å². The van der Waals surface area contributed by atoms with Gasteiger partial charge in [0.2, 0.25) is 0 Å². The molecule has 0 amide bonds. The van der Waals surface area contributed by atoms with Gasteiger partial charge in [0.1, 0.15) is 0 Å². The molecule has 0 saturated heterocycles. The molecule has 86 valence electrons. The van der Waals surface area contributed by atoms with Crippen molar-refractivity contribution in [2.45, 2.75) is 23.8 Å². The Kier molecular flexibility index (Phi) is 2.86. The predicted molar refractivity (Wildman–Crippen MR) is 62.8 cm³/mol. The van der Waals surface area contributed by atoms with Crippen LogP contribution in [0.4, 0.5) is 0 Å². The standard InChI is InChI=1S/C12H14O3S/c1-16(14,15)12-6-3-9(4-7-12)10-2-5-11(13)8-10/h3-4,6-8,11,13H,2,5H2,1H3. The van der Waals surface area contributed by atoms with Crippen LogP contribution in [0.2, 0.25) is 0 Å². The van der Waals surface area contributed by atoms with Crippen LogP contribution in [0, 0.1) is 0 Å². The first-order chi connectivity index (χ1) is 7.47. The molecular weight excluding hydrogens is 224 g/mol. The Hall–Kier alpha value is -1.13. The van der Waals surface area contributed by atoms with Crippen LogP contribution in [0.1, 0.15) is 18.4 Å². The van der Waals surface area contributed by atoms with Crippen LogP contribution < -0.4 is 0 Å². The summed E-state index contributed by atoms with van der Waals surface area (Å²) in [6.07, 6.45) is 4.27. The molecule has 3 nitrogen and oxygen atoms in total. The third kappa shape index (κ3) is 2.33. The van der Waals surface area contributed by atoms with Gasteiger partial charge >= 0.3 is 0 Å². The van der Waals surface area contributed by atoms with E-state index in [0.717, 1.165) is 24.0 Å². The van der Waals surface area contributed by atoms with Crippen molar-refractivity contribution in [2.75, 3.05) is 6.26 Å². The smallest absolute Gasteiger partial charge is 0.175 e. The Labute approximate surface area is 95.3 Å². The van der Waals surface area contributed by atoms with Gasteiger partial charge < -0.3 is 5.11 Å². The van der Waals surface area contributed by atoms with Crippen LogP contribution >= 0.6 is 0 Å². The monoisotopic (exact) mass is 238 g/mol. The summed E-state index contributed by atoms with van der Waals surface area (Å²) >= 11 is 0. The Morgan fingerprint density at radius 2 is 1.88 bits per heavy atom. The molecule has 1 unspecified atom stereocenters. The molecule has 1 aliphatic carbocycles. The highest BCUT2D eigenvalue weighted by Crippen LogP contribution is 2.28. The fraction of sp³-hybridized carbons (Fsp3) is 0.333. The predicted octanol–water partition coefficient (Wildman–Crippen LogP) is 1.63. The molecule has 0 bridgehead atoms. The maximum absolute atomic E-state index is 11.3. The summed E-state index contributed by atoms with van der Waals surface area (Å²) in [7, 11) is -3.12. The van der Waals surface area contributed by atoms with Crippen LogP contribution in [-0.2, 0) is 9.84 Å². The van der Waals surface area contributed by atoms with E-state index in [2.05, 4.69) is 0 Å². The van der Waals surface area contributed by atoms with E-state index in [1.165, 1.54) is 6.26 Å². The zero-order chi connectivity index (χ0) is 11.8. The van der Waals surface area contributed by atoms with E-state index < -0.39 is 9.84 Å². The molecule has 16 heavy (non-hydrogen) atoms. The van der Waals surface area contributed by atoms with Crippen LogP contribution in [0.15, 0.2) is 35.2 Å². The fourth-order valence-corrected chi connectivity index (χ4v) is 2.49. The summed E-state index contributed by atoms with van der Waals surface area (Å²) < 4.78 is 22.5. The van der Waals surface area contributed by atoms with E-state index in [0.29, 0.717) is 4.90 Å². The van der Waals surface area contributed by atoms with E-state index in [1.54, 1.807) is 24.3 Å². The van der Waals surface area contributed by atoms with E-state index >= 15 is 0 Å². The number of sulfone groups is 1. The van der Waals surface area contributed by atoms with Crippen molar-refractivity contribution < 1.29 is 13.5 Å². The van der Waals surface area contributed by atoms with E-state index in [-0.39, 0.29) is 6.10 Å². The minimum absolute atomic E-state index is 0.329. The maximum atomic E-state index is 11.3. The molecule has 4 heteroatoms. The molecule has 0 aliphatic heterocycles. The largest absolute Gasteiger partial charge is 0.389 e. The van der Waals surface area contributed by atoms with Gasteiger partial charge in [0, 0.05) is 6.26 Å². The molecule has 0 heterocycles. The van der Waals surface area contributed by atoms with Crippen molar-refractivity contribution in [3.05, 3.63) is 35.9 Å². The van der Waals surface area contributed by atoms with Crippen molar-refractivity contribution in [2.24, 2.45) is 0 Å². The molecule has 1 aliphatic rings. The van der Waals surface area contributed by atoms with Gasteiger partial charge in [0.05, 0.1) is 11.0 Å². The normalized spacial score (nSPS) is 20.9. The first kappa shape index (κ1) is 11.4. The van der Waals surface area contributed by atoms with Gasteiger partial charge in [-0.25, -0.2) is 8.42 Å². The van der Waals surface area contributed by atoms with Gasteiger partial charge in [-0.1, -0.05) is 18.2 Å². The molecule has 0 saturated carbocycles. The number of aliphatic hydroxyl groups is 1. The molecule has 0 fully saturated rings. The number of allylic oxidation sites excluding steroid dienone is 1. The Bertz CT molecular complexity index is 512. The summed E-state index contributed by atoms with van der Waals surface area (Å²) in [6.45, 7) is 0. The second kappa shape index (κ2) is 4.03. The first-order valence-electron chi connectivity index (χ1n) is 5.16. The number of rotatable bonds is 2. The molecule has 1 aromatic rings. The van der Waals surface area contributed by atoms with Crippen LogP contribution in [0.3, 0.4) is 0 Å². The van der Waals surface area contributed by atoms with Gasteiger partial charge in [-0.3, -0.25) is 0 Å². The molecular formula is C12H14O3S. The van der Waals surface area contributed by atoms with Crippen LogP contribution in [0.25, 0.3) is 5.57 Å². The fourth-order valence-electron chi connectivity index (χ4n) is 1.86. The minimum atomic E-state index is -3.12. The topological polar surface area (TPSA) is 54.4 Å². The lowest BCUT2D eigenvalue weighted by Gasteiger charge is -2.03.